The van der Waals surface area contributed by atoms with Crippen molar-refractivity contribution in [1.29, 1.82) is 5.26 Å². The Hall–Kier alpha value is -1.62. The number of carbonyl (C=O) groups excluding carboxylic acids is 1. The van der Waals surface area contributed by atoms with Gasteiger partial charge in [0.2, 0.25) is 5.91 Å². The van der Waals surface area contributed by atoms with Gasteiger partial charge in [-0.2, -0.15) is 5.26 Å². The molecule has 8 heteroatoms. The van der Waals surface area contributed by atoms with E-state index in [0.717, 1.165) is 5.56 Å². The molecular weight excluding hydrogens is 350 g/mol. The van der Waals surface area contributed by atoms with Gasteiger partial charge in [-0.05, 0) is 43.9 Å². The van der Waals surface area contributed by atoms with Crippen LogP contribution in [0.1, 0.15) is 24.8 Å². The zero-order chi connectivity index (χ0) is 17.5. The average Bonchev–Trinajstić information content (AvgIpc) is 3.10. The summed E-state index contributed by atoms with van der Waals surface area (Å²) in [4.78, 5) is 12.3. The first-order chi connectivity index (χ1) is 11.3. The van der Waals surface area contributed by atoms with Crippen LogP contribution in [0.25, 0.3) is 0 Å². The van der Waals surface area contributed by atoms with E-state index in [2.05, 4.69) is 16.7 Å². The number of hydrogen-bond acceptors (Lipinski definition) is 5. The largest absolute Gasteiger partial charge is 0.336 e. The second kappa shape index (κ2) is 6.03. The van der Waals surface area contributed by atoms with Crippen LogP contribution in [0.5, 0.6) is 0 Å². The van der Waals surface area contributed by atoms with Crippen molar-refractivity contribution in [2.24, 2.45) is 0 Å². The molecule has 2 N–H and O–H groups in total. The Morgan fingerprint density at radius 1 is 1.46 bits per heavy atom. The normalized spacial score (nSPS) is 25.0. The molecule has 1 aromatic carbocycles. The number of sulfone groups is 1. The number of nitrogens with one attached hydrogen (secondary N) is 2. The summed E-state index contributed by atoms with van der Waals surface area (Å²) < 4.78 is 25.6. The minimum Gasteiger partial charge on any atom is -0.336 e. The quantitative estimate of drug-likeness (QED) is 0.836. The summed E-state index contributed by atoms with van der Waals surface area (Å²) in [5.74, 6) is -0.318. The SMILES string of the molecule is Cc1ccc(S(=O)(=O)[C@H]2CN[C@H](C(=O)NC3(C#N)CC3)C2)c(Cl)c1. The molecule has 1 saturated heterocycles. The second-order valence-corrected chi connectivity index (χ2v) is 9.08. The van der Waals surface area contributed by atoms with Gasteiger partial charge >= 0.3 is 0 Å². The first-order valence-electron chi connectivity index (χ1n) is 7.74. The Kier molecular flexibility index (Phi) is 4.32. The van der Waals surface area contributed by atoms with E-state index in [1.54, 1.807) is 12.1 Å². The van der Waals surface area contributed by atoms with Crippen molar-refractivity contribution < 1.29 is 13.2 Å². The minimum atomic E-state index is -3.63. The van der Waals surface area contributed by atoms with E-state index >= 15 is 0 Å². The predicted molar refractivity (Wildman–Crippen MR) is 89.3 cm³/mol. The number of amides is 1. The van der Waals surface area contributed by atoms with Gasteiger partial charge in [-0.25, -0.2) is 8.42 Å². The van der Waals surface area contributed by atoms with Crippen LogP contribution < -0.4 is 10.6 Å². The van der Waals surface area contributed by atoms with Crippen LogP contribution >= 0.6 is 11.6 Å². The van der Waals surface area contributed by atoms with Crippen molar-refractivity contribution in [2.75, 3.05) is 6.54 Å². The molecule has 1 saturated carbocycles. The van der Waals surface area contributed by atoms with E-state index in [1.165, 1.54) is 6.07 Å². The fourth-order valence-electron chi connectivity index (χ4n) is 2.87. The van der Waals surface area contributed by atoms with Gasteiger partial charge < -0.3 is 10.6 Å². The highest BCUT2D eigenvalue weighted by Gasteiger charge is 2.47. The summed E-state index contributed by atoms with van der Waals surface area (Å²) in [5, 5.41) is 14.2. The van der Waals surface area contributed by atoms with Crippen LogP contribution in [-0.4, -0.2) is 37.7 Å². The van der Waals surface area contributed by atoms with Gasteiger partial charge in [0.05, 0.1) is 27.3 Å². The molecule has 1 amide bonds. The topological polar surface area (TPSA) is 99.1 Å². The third-order valence-electron chi connectivity index (χ3n) is 4.57. The molecule has 128 valence electrons. The fourth-order valence-corrected chi connectivity index (χ4v) is 5.13. The van der Waals surface area contributed by atoms with Crippen molar-refractivity contribution in [3.63, 3.8) is 0 Å². The van der Waals surface area contributed by atoms with Crippen LogP contribution in [0.4, 0.5) is 0 Å². The Balaban J connectivity index is 1.73. The number of nitrogens with zero attached hydrogens (tertiary/aromatic N) is 1. The summed E-state index contributed by atoms with van der Waals surface area (Å²) in [6.07, 6.45) is 1.45. The van der Waals surface area contributed by atoms with E-state index in [0.29, 0.717) is 12.8 Å². The van der Waals surface area contributed by atoms with E-state index in [9.17, 15) is 13.2 Å². The van der Waals surface area contributed by atoms with Crippen molar-refractivity contribution in [2.45, 2.75) is 47.9 Å². The van der Waals surface area contributed by atoms with Crippen LogP contribution in [-0.2, 0) is 14.6 Å². The average molecular weight is 368 g/mol. The summed E-state index contributed by atoms with van der Waals surface area (Å²) in [7, 11) is -3.63. The lowest BCUT2D eigenvalue weighted by atomic mass is 10.2. The number of hydrogen-bond donors (Lipinski definition) is 2. The molecule has 2 atom stereocenters. The molecule has 6 nitrogen and oxygen atoms in total. The molecular formula is C16H18ClN3O3S. The summed E-state index contributed by atoms with van der Waals surface area (Å²) in [6.45, 7) is 2.02. The van der Waals surface area contributed by atoms with Gasteiger partial charge in [-0.3, -0.25) is 4.79 Å². The van der Waals surface area contributed by atoms with E-state index in [-0.39, 0.29) is 28.8 Å². The summed E-state index contributed by atoms with van der Waals surface area (Å²) in [6, 6.07) is 6.31. The molecule has 0 radical (unpaired) electrons. The Morgan fingerprint density at radius 3 is 2.75 bits per heavy atom. The zero-order valence-corrected chi connectivity index (χ0v) is 14.7. The molecule has 1 aromatic rings. The maximum absolute atomic E-state index is 12.8. The second-order valence-electron chi connectivity index (χ2n) is 6.48. The smallest absolute Gasteiger partial charge is 0.238 e. The highest BCUT2D eigenvalue weighted by atomic mass is 35.5. The van der Waals surface area contributed by atoms with Gasteiger partial charge in [0, 0.05) is 6.54 Å². The van der Waals surface area contributed by atoms with Gasteiger partial charge in [-0.15, -0.1) is 0 Å². The molecule has 1 heterocycles. The number of aryl methyl sites for hydroxylation is 1. The monoisotopic (exact) mass is 367 g/mol. The van der Waals surface area contributed by atoms with Crippen molar-refractivity contribution >= 4 is 27.3 Å². The van der Waals surface area contributed by atoms with Gasteiger partial charge in [0.1, 0.15) is 5.54 Å². The Labute approximate surface area is 146 Å². The fraction of sp³-hybridized carbons (Fsp3) is 0.500. The lowest BCUT2D eigenvalue weighted by Crippen LogP contribution is -2.45. The molecule has 0 spiro atoms. The number of halogens is 1. The third-order valence-corrected chi connectivity index (χ3v) is 7.20. The number of carbonyl (C=O) groups is 1. The third kappa shape index (κ3) is 3.14. The maximum Gasteiger partial charge on any atom is 0.238 e. The first-order valence-corrected chi connectivity index (χ1v) is 9.66. The Morgan fingerprint density at radius 2 is 2.17 bits per heavy atom. The summed E-state index contributed by atoms with van der Waals surface area (Å²) in [5.41, 5.74) is 0.127. The highest BCUT2D eigenvalue weighted by molar-refractivity contribution is 7.92. The van der Waals surface area contributed by atoms with E-state index < -0.39 is 26.7 Å². The number of benzene rings is 1. The van der Waals surface area contributed by atoms with E-state index in [1.807, 2.05) is 6.92 Å². The molecule has 0 bridgehead atoms. The molecule has 1 aliphatic heterocycles. The van der Waals surface area contributed by atoms with Crippen LogP contribution in [0, 0.1) is 18.3 Å². The van der Waals surface area contributed by atoms with E-state index in [4.69, 9.17) is 16.9 Å². The minimum absolute atomic E-state index is 0.0957. The maximum atomic E-state index is 12.8. The molecule has 2 aliphatic rings. The van der Waals surface area contributed by atoms with Crippen molar-refractivity contribution in [3.8, 4) is 6.07 Å². The standard InChI is InChI=1S/C16H18ClN3O3S/c1-10-2-3-14(12(17)6-10)24(22,23)11-7-13(19-8-11)15(21)20-16(9-18)4-5-16/h2-3,6,11,13,19H,4-5,7-8H2,1H3,(H,20,21)/t11-,13+/m1/s1. The highest BCUT2D eigenvalue weighted by Crippen LogP contribution is 2.35. The molecule has 24 heavy (non-hydrogen) atoms. The van der Waals surface area contributed by atoms with Crippen molar-refractivity contribution in [3.05, 3.63) is 28.8 Å². The number of nitriles is 1. The predicted octanol–water partition coefficient (Wildman–Crippen LogP) is 1.32. The molecule has 1 aliphatic carbocycles. The van der Waals surface area contributed by atoms with Crippen molar-refractivity contribution in [1.82, 2.24) is 10.6 Å². The lowest BCUT2D eigenvalue weighted by molar-refractivity contribution is -0.123. The lowest BCUT2D eigenvalue weighted by Gasteiger charge is -2.15. The Bertz CT molecular complexity index is 827. The van der Waals surface area contributed by atoms with Crippen LogP contribution in [0.3, 0.4) is 0 Å². The van der Waals surface area contributed by atoms with Crippen LogP contribution in [0.2, 0.25) is 5.02 Å². The molecule has 0 unspecified atom stereocenters. The van der Waals surface area contributed by atoms with Gasteiger partial charge in [-0.1, -0.05) is 17.7 Å². The molecule has 2 fully saturated rings. The number of rotatable bonds is 4. The zero-order valence-electron chi connectivity index (χ0n) is 13.2. The first kappa shape index (κ1) is 17.2. The van der Waals surface area contributed by atoms with Gasteiger partial charge in [0.25, 0.3) is 0 Å². The summed E-state index contributed by atoms with van der Waals surface area (Å²) >= 11 is 6.09. The van der Waals surface area contributed by atoms with Gasteiger partial charge in [0.15, 0.2) is 9.84 Å². The molecule has 3 rings (SSSR count). The van der Waals surface area contributed by atoms with Crippen LogP contribution in [0.15, 0.2) is 23.1 Å². The molecule has 0 aromatic heterocycles.